The second-order valence-electron chi connectivity index (χ2n) is 3.95. The van der Waals surface area contributed by atoms with Crippen molar-refractivity contribution in [2.24, 2.45) is 0 Å². The Kier molecular flexibility index (Phi) is 3.77. The van der Waals surface area contributed by atoms with Crippen LogP contribution < -0.4 is 4.72 Å². The van der Waals surface area contributed by atoms with Crippen LogP contribution in [-0.4, -0.2) is 23.5 Å². The summed E-state index contributed by atoms with van der Waals surface area (Å²) in [6, 6.07) is 6.05. The highest BCUT2D eigenvalue weighted by atomic mass is 32.2. The third kappa shape index (κ3) is 3.27. The van der Waals surface area contributed by atoms with Crippen molar-refractivity contribution in [3.8, 4) is 0 Å². The first-order valence-electron chi connectivity index (χ1n) is 5.52. The standard InChI is InChI=1S/C12H13N3O3S/c1-9-6-11(4-5-13-9)15-19(17,18)12-3-2-10(8-16)7-14-12/h2-7,16H,8H2,1H3,(H,13,15). The number of hydrogen-bond acceptors (Lipinski definition) is 5. The number of hydrogen-bond donors (Lipinski definition) is 2. The number of anilines is 1. The SMILES string of the molecule is Cc1cc(NS(=O)(=O)c2ccc(CO)cn2)ccn1. The average Bonchev–Trinajstić information content (AvgIpc) is 2.38. The van der Waals surface area contributed by atoms with Crippen LogP contribution >= 0.6 is 0 Å². The molecule has 0 spiro atoms. The zero-order valence-electron chi connectivity index (χ0n) is 10.2. The Morgan fingerprint density at radius 3 is 2.63 bits per heavy atom. The fourth-order valence-electron chi connectivity index (χ4n) is 1.48. The van der Waals surface area contributed by atoms with Crippen molar-refractivity contribution in [2.75, 3.05) is 4.72 Å². The Morgan fingerprint density at radius 2 is 2.05 bits per heavy atom. The summed E-state index contributed by atoms with van der Waals surface area (Å²) in [4.78, 5) is 7.80. The maximum absolute atomic E-state index is 12.1. The minimum atomic E-state index is -3.73. The van der Waals surface area contributed by atoms with Crippen molar-refractivity contribution < 1.29 is 13.5 Å². The maximum Gasteiger partial charge on any atom is 0.279 e. The zero-order chi connectivity index (χ0) is 13.9. The molecule has 7 heteroatoms. The Bertz CT molecular complexity index is 669. The lowest BCUT2D eigenvalue weighted by molar-refractivity contribution is 0.281. The first-order chi connectivity index (χ1) is 9.01. The molecule has 2 rings (SSSR count). The number of aryl methyl sites for hydroxylation is 1. The predicted octanol–water partition coefficient (Wildman–Crippen LogP) is 1.08. The summed E-state index contributed by atoms with van der Waals surface area (Å²) in [5.41, 5.74) is 1.70. The van der Waals surface area contributed by atoms with Crippen molar-refractivity contribution in [3.05, 3.63) is 47.9 Å². The average molecular weight is 279 g/mol. The monoisotopic (exact) mass is 279 g/mol. The maximum atomic E-state index is 12.1. The molecule has 19 heavy (non-hydrogen) atoms. The largest absolute Gasteiger partial charge is 0.392 e. The normalized spacial score (nSPS) is 11.3. The molecule has 0 amide bonds. The summed E-state index contributed by atoms with van der Waals surface area (Å²) < 4.78 is 26.5. The molecule has 100 valence electrons. The number of rotatable bonds is 4. The molecule has 2 aromatic heterocycles. The molecule has 0 aliphatic carbocycles. The van der Waals surface area contributed by atoms with E-state index in [1.165, 1.54) is 24.5 Å². The van der Waals surface area contributed by atoms with Gasteiger partial charge in [-0.1, -0.05) is 6.07 Å². The number of aromatic nitrogens is 2. The molecule has 0 radical (unpaired) electrons. The molecule has 6 nitrogen and oxygen atoms in total. The van der Waals surface area contributed by atoms with E-state index < -0.39 is 10.0 Å². The van der Waals surface area contributed by atoms with Gasteiger partial charge in [0.05, 0.1) is 12.3 Å². The van der Waals surface area contributed by atoms with Crippen molar-refractivity contribution in [1.29, 1.82) is 0 Å². The van der Waals surface area contributed by atoms with Crippen LogP contribution in [-0.2, 0) is 16.6 Å². The summed E-state index contributed by atoms with van der Waals surface area (Å²) in [6.45, 7) is 1.59. The molecule has 0 saturated carbocycles. The molecule has 0 aliphatic rings. The highest BCUT2D eigenvalue weighted by Gasteiger charge is 2.15. The van der Waals surface area contributed by atoms with E-state index in [-0.39, 0.29) is 11.6 Å². The van der Waals surface area contributed by atoms with Crippen molar-refractivity contribution in [3.63, 3.8) is 0 Å². The molecule has 0 saturated heterocycles. The Balaban J connectivity index is 2.27. The molecular formula is C12H13N3O3S. The van der Waals surface area contributed by atoms with Gasteiger partial charge in [-0.3, -0.25) is 9.71 Å². The number of nitrogens with one attached hydrogen (secondary N) is 1. The molecule has 0 aliphatic heterocycles. The van der Waals surface area contributed by atoms with Crippen molar-refractivity contribution in [2.45, 2.75) is 18.6 Å². The number of nitrogens with zero attached hydrogens (tertiary/aromatic N) is 2. The highest BCUT2D eigenvalue weighted by Crippen LogP contribution is 2.14. The second-order valence-corrected chi connectivity index (χ2v) is 5.58. The van der Waals surface area contributed by atoms with Crippen LogP contribution in [0.4, 0.5) is 5.69 Å². The molecule has 0 bridgehead atoms. The third-order valence-electron chi connectivity index (χ3n) is 2.40. The van der Waals surface area contributed by atoms with Gasteiger partial charge in [0.15, 0.2) is 5.03 Å². The minimum absolute atomic E-state index is 0.0980. The first kappa shape index (κ1) is 13.4. The van der Waals surface area contributed by atoms with Gasteiger partial charge >= 0.3 is 0 Å². The lowest BCUT2D eigenvalue weighted by Crippen LogP contribution is -2.14. The van der Waals surface area contributed by atoms with E-state index in [2.05, 4.69) is 14.7 Å². The Labute approximate surface area is 111 Å². The third-order valence-corrected chi connectivity index (χ3v) is 3.70. The van der Waals surface area contributed by atoms with Gasteiger partial charge in [-0.25, -0.2) is 4.98 Å². The van der Waals surface area contributed by atoms with E-state index in [4.69, 9.17) is 5.11 Å². The van der Waals surface area contributed by atoms with Gasteiger partial charge < -0.3 is 5.11 Å². The Hall–Kier alpha value is -1.99. The van der Waals surface area contributed by atoms with Gasteiger partial charge in [-0.2, -0.15) is 8.42 Å². The van der Waals surface area contributed by atoms with Gasteiger partial charge in [0, 0.05) is 18.1 Å². The van der Waals surface area contributed by atoms with Crippen molar-refractivity contribution >= 4 is 15.7 Å². The number of sulfonamides is 1. The fraction of sp³-hybridized carbons (Fsp3) is 0.167. The number of aliphatic hydroxyl groups is 1. The van der Waals surface area contributed by atoms with Crippen molar-refractivity contribution in [1.82, 2.24) is 9.97 Å². The summed E-state index contributed by atoms with van der Waals surface area (Å²) in [5.74, 6) is 0. The highest BCUT2D eigenvalue weighted by molar-refractivity contribution is 7.92. The van der Waals surface area contributed by atoms with Gasteiger partial charge in [-0.05, 0) is 30.7 Å². The van der Waals surface area contributed by atoms with Gasteiger partial charge in [-0.15, -0.1) is 0 Å². The van der Waals surface area contributed by atoms with Crippen LogP contribution in [0.1, 0.15) is 11.3 Å². The van der Waals surface area contributed by atoms with Crippen LogP contribution in [0, 0.1) is 6.92 Å². The molecule has 2 heterocycles. The van der Waals surface area contributed by atoms with E-state index in [9.17, 15) is 8.42 Å². The first-order valence-corrected chi connectivity index (χ1v) is 7.01. The van der Waals surface area contributed by atoms with E-state index >= 15 is 0 Å². The van der Waals surface area contributed by atoms with Crippen LogP contribution in [0.25, 0.3) is 0 Å². The van der Waals surface area contributed by atoms with Crippen LogP contribution in [0.3, 0.4) is 0 Å². The molecule has 0 aromatic carbocycles. The minimum Gasteiger partial charge on any atom is -0.392 e. The van der Waals surface area contributed by atoms with E-state index in [0.29, 0.717) is 16.9 Å². The molecule has 0 atom stereocenters. The predicted molar refractivity (Wildman–Crippen MR) is 69.9 cm³/mol. The fourth-order valence-corrected chi connectivity index (χ4v) is 2.46. The van der Waals surface area contributed by atoms with Gasteiger partial charge in [0.1, 0.15) is 0 Å². The van der Waals surface area contributed by atoms with Gasteiger partial charge in [0.25, 0.3) is 10.0 Å². The van der Waals surface area contributed by atoms with Crippen LogP contribution in [0.15, 0.2) is 41.7 Å². The second kappa shape index (κ2) is 5.33. The van der Waals surface area contributed by atoms with Crippen LogP contribution in [0.2, 0.25) is 0 Å². The molecule has 2 aromatic rings. The lowest BCUT2D eigenvalue weighted by atomic mass is 10.3. The van der Waals surface area contributed by atoms with E-state index in [0.717, 1.165) is 0 Å². The molecule has 0 unspecified atom stereocenters. The van der Waals surface area contributed by atoms with E-state index in [1.807, 2.05) is 0 Å². The summed E-state index contributed by atoms with van der Waals surface area (Å²) in [7, 11) is -3.73. The smallest absolute Gasteiger partial charge is 0.279 e. The van der Waals surface area contributed by atoms with Crippen LogP contribution in [0.5, 0.6) is 0 Å². The molecule has 2 N–H and O–H groups in total. The lowest BCUT2D eigenvalue weighted by Gasteiger charge is -2.07. The summed E-state index contributed by atoms with van der Waals surface area (Å²) in [6.07, 6.45) is 2.85. The Morgan fingerprint density at radius 1 is 1.26 bits per heavy atom. The zero-order valence-corrected chi connectivity index (χ0v) is 11.1. The summed E-state index contributed by atoms with van der Waals surface area (Å²) >= 11 is 0. The molecule has 0 fully saturated rings. The number of aliphatic hydroxyl groups excluding tert-OH is 1. The molecular weight excluding hydrogens is 266 g/mol. The quantitative estimate of drug-likeness (QED) is 0.873. The van der Waals surface area contributed by atoms with Gasteiger partial charge in [0.2, 0.25) is 0 Å². The van der Waals surface area contributed by atoms with E-state index in [1.54, 1.807) is 19.1 Å². The topological polar surface area (TPSA) is 92.2 Å². The summed E-state index contributed by atoms with van der Waals surface area (Å²) in [5, 5.41) is 8.79. The number of pyridine rings is 2.